The highest BCUT2D eigenvalue weighted by molar-refractivity contribution is 7.60. The molecule has 9 heteroatoms. The molecule has 0 radical (unpaired) electrons. The van der Waals surface area contributed by atoms with Gasteiger partial charge in [0.25, 0.3) is 0 Å². The Morgan fingerprint density at radius 1 is 1.10 bits per heavy atom. The smallest absolute Gasteiger partial charge is 0.308 e. The highest BCUT2D eigenvalue weighted by Crippen LogP contribution is 2.20. The second kappa shape index (κ2) is 11.6. The molecule has 0 amide bonds. The number of nitrogens with zero attached hydrogens (tertiary/aromatic N) is 2. The lowest BCUT2D eigenvalue weighted by molar-refractivity contribution is 0.0663. The highest BCUT2D eigenvalue weighted by atomic mass is 32.2. The molecule has 1 saturated heterocycles. The zero-order chi connectivity index (χ0) is 22.1. The van der Waals surface area contributed by atoms with E-state index in [1.54, 1.807) is 6.92 Å². The lowest BCUT2D eigenvalue weighted by atomic mass is 10.1. The molecule has 2 aromatic rings. The van der Waals surface area contributed by atoms with Crippen molar-refractivity contribution in [1.82, 2.24) is 4.90 Å². The van der Waals surface area contributed by atoms with Crippen LogP contribution in [0.25, 0.3) is 0 Å². The van der Waals surface area contributed by atoms with Crippen LogP contribution < -0.4 is 9.64 Å². The molecule has 30 heavy (non-hydrogen) atoms. The molecule has 0 aliphatic carbocycles. The van der Waals surface area contributed by atoms with Crippen molar-refractivity contribution in [1.29, 1.82) is 4.78 Å². The van der Waals surface area contributed by atoms with Gasteiger partial charge in [-0.15, -0.1) is 0 Å². The van der Waals surface area contributed by atoms with Crippen molar-refractivity contribution in [3.8, 4) is 5.75 Å². The highest BCUT2D eigenvalue weighted by Gasteiger charge is 2.20. The van der Waals surface area contributed by atoms with E-state index in [0.717, 1.165) is 37.6 Å². The van der Waals surface area contributed by atoms with Crippen LogP contribution in [-0.4, -0.2) is 63.9 Å². The van der Waals surface area contributed by atoms with Crippen molar-refractivity contribution in [2.45, 2.75) is 20.0 Å². The van der Waals surface area contributed by atoms with Crippen LogP contribution >= 0.6 is 0 Å². The summed E-state index contributed by atoms with van der Waals surface area (Å²) in [6.07, 6.45) is -0.518. The van der Waals surface area contributed by atoms with Gasteiger partial charge < -0.3 is 14.7 Å². The second-order valence-corrected chi connectivity index (χ2v) is 7.70. The first-order valence-corrected chi connectivity index (χ1v) is 10.7. The molecule has 1 fully saturated rings. The first-order chi connectivity index (χ1) is 14.2. The number of aryl methyl sites for hydroxylation is 2. The van der Waals surface area contributed by atoms with Gasteiger partial charge in [-0.1, -0.05) is 17.7 Å². The van der Waals surface area contributed by atoms with Crippen LogP contribution in [0.5, 0.6) is 5.75 Å². The monoisotopic (exact) mass is 437 g/mol. The molecule has 0 aromatic heterocycles. The molecule has 2 aromatic carbocycles. The van der Waals surface area contributed by atoms with E-state index in [4.69, 9.17) is 17.9 Å². The molecular formula is C21H28FN3O4S. The number of hydrogen-bond donors (Lipinski definition) is 2. The normalized spacial score (nSPS) is 15.1. The van der Waals surface area contributed by atoms with Crippen molar-refractivity contribution in [3.05, 3.63) is 59.4 Å². The minimum Gasteiger partial charge on any atom is -0.491 e. The van der Waals surface area contributed by atoms with E-state index in [2.05, 4.69) is 9.80 Å². The van der Waals surface area contributed by atoms with E-state index in [0.29, 0.717) is 18.7 Å². The standard InChI is InChI=1S/C21H27FN2O2.HNO2S/c1-16-3-6-20(7-4-16)26-15-19(25)14-23-9-11-24(12-10-23)18-5-8-21(22)17(2)13-18;1-4(2)3/h3-8,13,19,25H,9-12,14-15H2,1-2H3;1H. The summed E-state index contributed by atoms with van der Waals surface area (Å²) >= 11 is 0. The van der Waals surface area contributed by atoms with Crippen molar-refractivity contribution in [2.24, 2.45) is 0 Å². The van der Waals surface area contributed by atoms with Gasteiger partial charge in [-0.3, -0.25) is 4.90 Å². The fourth-order valence-electron chi connectivity index (χ4n) is 3.19. The Hall–Kier alpha value is -2.49. The molecule has 1 unspecified atom stereocenters. The Morgan fingerprint density at radius 2 is 1.70 bits per heavy atom. The van der Waals surface area contributed by atoms with Crippen LogP contribution in [-0.2, 0) is 10.5 Å². The average Bonchev–Trinajstić information content (AvgIpc) is 2.70. The number of β-amino-alcohol motifs (C(OH)–C–C–N with tert-alkyl or cyclic N) is 1. The molecule has 0 bridgehead atoms. The van der Waals surface area contributed by atoms with Gasteiger partial charge >= 0.3 is 10.5 Å². The summed E-state index contributed by atoms with van der Waals surface area (Å²) in [6, 6.07) is 13.1. The maximum absolute atomic E-state index is 13.4. The number of hydrogen-bond acceptors (Lipinski definition) is 7. The van der Waals surface area contributed by atoms with Gasteiger partial charge in [0.1, 0.15) is 24.3 Å². The van der Waals surface area contributed by atoms with Gasteiger partial charge in [-0.25, -0.2) is 4.39 Å². The summed E-state index contributed by atoms with van der Waals surface area (Å²) < 4.78 is 41.9. The van der Waals surface area contributed by atoms with Crippen LogP contribution in [0.4, 0.5) is 10.1 Å². The van der Waals surface area contributed by atoms with Crippen LogP contribution in [0.3, 0.4) is 0 Å². The number of benzene rings is 2. The molecule has 7 nitrogen and oxygen atoms in total. The molecule has 1 aliphatic heterocycles. The molecule has 1 aliphatic rings. The second-order valence-electron chi connectivity index (χ2n) is 7.23. The Morgan fingerprint density at radius 3 is 2.27 bits per heavy atom. The van der Waals surface area contributed by atoms with E-state index in [1.165, 1.54) is 11.6 Å². The minimum atomic E-state index is -2.61. The summed E-state index contributed by atoms with van der Waals surface area (Å²) in [5, 5.41) is 10.2. The molecular weight excluding hydrogens is 409 g/mol. The lowest BCUT2D eigenvalue weighted by Gasteiger charge is -2.37. The number of rotatable bonds is 6. The number of ether oxygens (including phenoxy) is 1. The summed E-state index contributed by atoms with van der Waals surface area (Å²) in [6.45, 7) is 8.21. The van der Waals surface area contributed by atoms with E-state index < -0.39 is 16.6 Å². The van der Waals surface area contributed by atoms with Crippen molar-refractivity contribution < 1.29 is 22.7 Å². The zero-order valence-corrected chi connectivity index (χ0v) is 18.0. The molecule has 3 rings (SSSR count). The van der Waals surface area contributed by atoms with Crippen molar-refractivity contribution in [2.75, 3.05) is 44.2 Å². The zero-order valence-electron chi connectivity index (χ0n) is 17.2. The molecule has 1 atom stereocenters. The minimum absolute atomic E-state index is 0.163. The molecule has 0 saturated carbocycles. The average molecular weight is 438 g/mol. The Labute approximate surface area is 178 Å². The van der Waals surface area contributed by atoms with E-state index in [1.807, 2.05) is 43.3 Å². The van der Waals surface area contributed by atoms with Gasteiger partial charge in [0.2, 0.25) is 0 Å². The fraction of sp³-hybridized carbons (Fsp3) is 0.429. The first-order valence-electron chi connectivity index (χ1n) is 9.66. The number of halogens is 1. The van der Waals surface area contributed by atoms with Gasteiger partial charge in [-0.2, -0.15) is 13.2 Å². The van der Waals surface area contributed by atoms with Crippen LogP contribution in [0.15, 0.2) is 42.5 Å². The maximum Gasteiger partial charge on any atom is 0.308 e. The van der Waals surface area contributed by atoms with E-state index >= 15 is 0 Å². The predicted octanol–water partition coefficient (Wildman–Crippen LogP) is 2.63. The van der Waals surface area contributed by atoms with E-state index in [-0.39, 0.29) is 5.82 Å². The van der Waals surface area contributed by atoms with Gasteiger partial charge in [0.15, 0.2) is 0 Å². The number of aliphatic hydroxyl groups is 1. The third-order valence-electron chi connectivity index (χ3n) is 4.81. The number of nitrogens with one attached hydrogen (secondary N) is 1. The lowest BCUT2D eigenvalue weighted by Crippen LogP contribution is -2.49. The summed E-state index contributed by atoms with van der Waals surface area (Å²) in [5.74, 6) is 0.621. The fourth-order valence-corrected chi connectivity index (χ4v) is 3.19. The number of anilines is 1. The van der Waals surface area contributed by atoms with Gasteiger partial charge in [-0.05, 0) is 49.7 Å². The van der Waals surface area contributed by atoms with Crippen molar-refractivity contribution in [3.63, 3.8) is 0 Å². The Bertz CT molecular complexity index is 908. The predicted molar refractivity (Wildman–Crippen MR) is 114 cm³/mol. The molecule has 2 N–H and O–H groups in total. The Balaban J connectivity index is 0.000000735. The van der Waals surface area contributed by atoms with Crippen LogP contribution in [0, 0.1) is 24.4 Å². The van der Waals surface area contributed by atoms with Gasteiger partial charge in [0.05, 0.1) is 0 Å². The number of aliphatic hydroxyl groups excluding tert-OH is 1. The first kappa shape index (κ1) is 23.8. The Kier molecular flexibility index (Phi) is 9.22. The largest absolute Gasteiger partial charge is 0.491 e. The quantitative estimate of drug-likeness (QED) is 0.722. The molecule has 164 valence electrons. The maximum atomic E-state index is 13.4. The van der Waals surface area contributed by atoms with E-state index in [9.17, 15) is 9.50 Å². The topological polar surface area (TPSA) is 93.9 Å². The SMILES string of the molecule is Cc1ccc(OCC(O)CN2CCN(c3ccc(F)c(C)c3)CC2)cc1.N=S(=O)=O. The van der Waals surface area contributed by atoms with Crippen molar-refractivity contribution >= 4 is 16.2 Å². The third-order valence-corrected chi connectivity index (χ3v) is 4.81. The van der Waals surface area contributed by atoms with Gasteiger partial charge in [0, 0.05) is 38.4 Å². The van der Waals surface area contributed by atoms with Crippen LogP contribution in [0.1, 0.15) is 11.1 Å². The summed E-state index contributed by atoms with van der Waals surface area (Å²) in [5.41, 5.74) is 2.92. The third kappa shape index (κ3) is 8.10. The summed E-state index contributed by atoms with van der Waals surface area (Å²) in [4.78, 5) is 4.51. The summed E-state index contributed by atoms with van der Waals surface area (Å²) in [7, 11) is -2.61. The van der Waals surface area contributed by atoms with Crippen LogP contribution in [0.2, 0.25) is 0 Å². The molecule has 1 heterocycles. The number of piperazine rings is 1. The molecule has 0 spiro atoms.